The van der Waals surface area contributed by atoms with Crippen LogP contribution in [0.1, 0.15) is 19.3 Å². The van der Waals surface area contributed by atoms with Crippen molar-refractivity contribution in [3.8, 4) is 6.19 Å². The number of benzene rings is 1. The Balaban J connectivity index is 1.47. The summed E-state index contributed by atoms with van der Waals surface area (Å²) in [6.07, 6.45) is 5.63. The second-order valence-electron chi connectivity index (χ2n) is 6.68. The van der Waals surface area contributed by atoms with Gasteiger partial charge in [-0.05, 0) is 37.5 Å². The lowest BCUT2D eigenvalue weighted by atomic mass is 10.2. The molecule has 0 aromatic heterocycles. The molecule has 0 spiro atoms. The quantitative estimate of drug-likeness (QED) is 0.612. The van der Waals surface area contributed by atoms with Gasteiger partial charge in [-0.25, -0.2) is 0 Å². The first-order chi connectivity index (χ1) is 11.8. The van der Waals surface area contributed by atoms with E-state index in [0.717, 1.165) is 44.8 Å². The van der Waals surface area contributed by atoms with Gasteiger partial charge in [0.2, 0.25) is 0 Å². The summed E-state index contributed by atoms with van der Waals surface area (Å²) in [7, 11) is 0. The summed E-state index contributed by atoms with van der Waals surface area (Å²) in [5.41, 5.74) is 2.27. The highest BCUT2D eigenvalue weighted by atomic mass is 32.2. The molecule has 3 heterocycles. The maximum absolute atomic E-state index is 13.0. The van der Waals surface area contributed by atoms with Gasteiger partial charge in [0.25, 0.3) is 0 Å². The van der Waals surface area contributed by atoms with Crippen LogP contribution in [0, 0.1) is 11.5 Å². The van der Waals surface area contributed by atoms with Crippen LogP contribution in [0.5, 0.6) is 0 Å². The van der Waals surface area contributed by atoms with E-state index in [9.17, 15) is 4.55 Å². The second kappa shape index (κ2) is 6.71. The lowest BCUT2D eigenvalue weighted by molar-refractivity contribution is 0.345. The van der Waals surface area contributed by atoms with E-state index in [1.807, 2.05) is 4.31 Å². The van der Waals surface area contributed by atoms with E-state index < -0.39 is 11.5 Å². The number of hydrogen-bond donors (Lipinski definition) is 0. The van der Waals surface area contributed by atoms with Crippen molar-refractivity contribution in [1.82, 2.24) is 9.21 Å². The largest absolute Gasteiger partial charge is 0.573 e. The maximum Gasteiger partial charge on any atom is 0.179 e. The number of anilines is 2. The molecule has 0 N–H and O–H groups in total. The molecular weight excluding hydrogens is 322 g/mol. The minimum atomic E-state index is -1.15. The minimum absolute atomic E-state index is 0.220. The van der Waals surface area contributed by atoms with E-state index in [1.165, 1.54) is 18.5 Å². The molecule has 0 amide bonds. The van der Waals surface area contributed by atoms with Crippen LogP contribution in [-0.2, 0) is 11.5 Å². The molecule has 24 heavy (non-hydrogen) atoms. The molecule has 0 aliphatic carbocycles. The van der Waals surface area contributed by atoms with E-state index in [-0.39, 0.29) is 6.04 Å². The first-order valence-electron chi connectivity index (χ1n) is 8.72. The third-order valence-corrected chi connectivity index (χ3v) is 6.87. The zero-order valence-corrected chi connectivity index (χ0v) is 14.6. The number of likely N-dealkylation sites (tertiary alicyclic amines) is 1. The van der Waals surface area contributed by atoms with Crippen LogP contribution in [0.25, 0.3) is 0 Å². The maximum atomic E-state index is 13.0. The van der Waals surface area contributed by atoms with Crippen LogP contribution in [0.2, 0.25) is 0 Å². The highest BCUT2D eigenvalue weighted by Crippen LogP contribution is 2.32. The fraction of sp³-hybridized carbons (Fsp3) is 0.588. The van der Waals surface area contributed by atoms with Gasteiger partial charge in [-0.15, -0.1) is 0 Å². The van der Waals surface area contributed by atoms with Crippen molar-refractivity contribution in [3.63, 3.8) is 0 Å². The van der Waals surface area contributed by atoms with Crippen molar-refractivity contribution in [3.05, 3.63) is 24.3 Å². The predicted molar refractivity (Wildman–Crippen MR) is 95.7 cm³/mol. The molecule has 2 atom stereocenters. The molecule has 6 nitrogen and oxygen atoms in total. The van der Waals surface area contributed by atoms with Gasteiger partial charge in [0, 0.05) is 31.9 Å². The Morgan fingerprint density at radius 1 is 1.08 bits per heavy atom. The molecule has 1 aromatic carbocycles. The Kier molecular flexibility index (Phi) is 4.44. The fourth-order valence-electron chi connectivity index (χ4n) is 3.89. The standard InChI is InChI=1S/C17H23N5OS/c18-14-19-9-6-17(13-19)22-11-10-21(24(22)23)16-5-3-4-15(12-16)20-7-1-2-8-20/h3-5,12,17H,1-2,6-11,13H2. The topological polar surface area (TPSA) is 59.8 Å². The second-order valence-corrected chi connectivity index (χ2v) is 8.05. The summed E-state index contributed by atoms with van der Waals surface area (Å²) < 4.78 is 17.0. The Bertz CT molecular complexity index is 630. The van der Waals surface area contributed by atoms with E-state index in [2.05, 4.69) is 39.7 Å². The molecule has 1 aromatic rings. The van der Waals surface area contributed by atoms with Gasteiger partial charge in [-0.1, -0.05) is 10.4 Å². The molecule has 3 aliphatic heterocycles. The molecule has 3 aliphatic rings. The first kappa shape index (κ1) is 15.9. The van der Waals surface area contributed by atoms with E-state index in [0.29, 0.717) is 6.54 Å². The van der Waals surface area contributed by atoms with Crippen molar-refractivity contribution in [2.45, 2.75) is 25.3 Å². The molecule has 0 radical (unpaired) electrons. The van der Waals surface area contributed by atoms with Crippen LogP contribution < -0.4 is 9.21 Å². The average molecular weight is 345 g/mol. The summed E-state index contributed by atoms with van der Waals surface area (Å²) >= 11 is -1.15. The summed E-state index contributed by atoms with van der Waals surface area (Å²) in [6.45, 7) is 5.28. The molecular formula is C17H23N5OS. The van der Waals surface area contributed by atoms with Gasteiger partial charge < -0.3 is 14.4 Å². The molecule has 2 unspecified atom stereocenters. The fourth-order valence-corrected chi connectivity index (χ4v) is 5.34. The monoisotopic (exact) mass is 345 g/mol. The first-order valence-corrected chi connectivity index (χ1v) is 9.78. The number of rotatable bonds is 3. The summed E-state index contributed by atoms with van der Waals surface area (Å²) in [5, 5.41) is 9.02. The Morgan fingerprint density at radius 2 is 1.88 bits per heavy atom. The molecule has 0 saturated carbocycles. The predicted octanol–water partition coefficient (Wildman–Crippen LogP) is 1.54. The number of nitriles is 1. The lowest BCUT2D eigenvalue weighted by Crippen LogP contribution is -2.41. The van der Waals surface area contributed by atoms with Gasteiger partial charge >= 0.3 is 0 Å². The van der Waals surface area contributed by atoms with Gasteiger partial charge in [0.15, 0.2) is 17.7 Å². The van der Waals surface area contributed by atoms with Crippen LogP contribution in [0.4, 0.5) is 11.4 Å². The molecule has 0 bridgehead atoms. The van der Waals surface area contributed by atoms with Crippen molar-refractivity contribution in [2.75, 3.05) is 48.5 Å². The summed E-state index contributed by atoms with van der Waals surface area (Å²) in [4.78, 5) is 4.17. The van der Waals surface area contributed by atoms with Crippen LogP contribution >= 0.6 is 0 Å². The average Bonchev–Trinajstić information content (AvgIpc) is 3.35. The summed E-state index contributed by atoms with van der Waals surface area (Å²) in [5.74, 6) is 0. The van der Waals surface area contributed by atoms with Crippen LogP contribution in [0.15, 0.2) is 24.3 Å². The third kappa shape index (κ3) is 2.90. The van der Waals surface area contributed by atoms with Crippen molar-refractivity contribution < 1.29 is 4.55 Å². The molecule has 3 fully saturated rings. The molecule has 7 heteroatoms. The van der Waals surface area contributed by atoms with Gasteiger partial charge in [-0.3, -0.25) is 0 Å². The van der Waals surface area contributed by atoms with Crippen molar-refractivity contribution in [2.24, 2.45) is 0 Å². The Morgan fingerprint density at radius 3 is 2.62 bits per heavy atom. The minimum Gasteiger partial charge on any atom is -0.573 e. The zero-order valence-electron chi connectivity index (χ0n) is 13.8. The van der Waals surface area contributed by atoms with E-state index in [1.54, 1.807) is 4.90 Å². The number of nitrogens with zero attached hydrogens (tertiary/aromatic N) is 5. The molecule has 4 rings (SSSR count). The Hall–Kier alpha value is -1.62. The number of hydrogen-bond acceptors (Lipinski definition) is 6. The third-order valence-electron chi connectivity index (χ3n) is 5.21. The zero-order chi connectivity index (χ0) is 16.5. The smallest absolute Gasteiger partial charge is 0.179 e. The van der Waals surface area contributed by atoms with Gasteiger partial charge in [-0.2, -0.15) is 9.57 Å². The van der Waals surface area contributed by atoms with Gasteiger partial charge in [0.05, 0.1) is 24.8 Å². The summed E-state index contributed by atoms with van der Waals surface area (Å²) in [6, 6.07) is 8.65. The Labute approximate surface area is 146 Å². The normalized spacial score (nSPS) is 27.9. The SMILES string of the molecule is N#CN1CCC(N2CCN(c3cccc(N4CCCC4)c3)[S+]2[O-])C1. The lowest BCUT2D eigenvalue weighted by Gasteiger charge is -2.26. The van der Waals surface area contributed by atoms with E-state index >= 15 is 0 Å². The highest BCUT2D eigenvalue weighted by Gasteiger charge is 2.43. The highest BCUT2D eigenvalue weighted by molar-refractivity contribution is 7.90. The van der Waals surface area contributed by atoms with Crippen molar-refractivity contribution in [1.29, 1.82) is 5.26 Å². The van der Waals surface area contributed by atoms with E-state index in [4.69, 9.17) is 5.26 Å². The molecule has 128 valence electrons. The van der Waals surface area contributed by atoms with Gasteiger partial charge in [0.1, 0.15) is 0 Å². The molecule has 3 saturated heterocycles. The van der Waals surface area contributed by atoms with Crippen LogP contribution in [0.3, 0.4) is 0 Å². The van der Waals surface area contributed by atoms with Crippen LogP contribution in [-0.4, -0.2) is 59.1 Å². The van der Waals surface area contributed by atoms with Crippen molar-refractivity contribution >= 4 is 22.9 Å².